The lowest BCUT2D eigenvalue weighted by Gasteiger charge is -2.11. The molecule has 0 fully saturated rings. The van der Waals surface area contributed by atoms with Crippen LogP contribution < -0.4 is 5.73 Å². The van der Waals surface area contributed by atoms with Crippen LogP contribution in [0.2, 0.25) is 0 Å². The molecular formula is C14H12F3N. The SMILES string of the molecule is Cc1cc(C(F)(F)F)ccc1-c1ccc(N)cc1. The molecule has 0 saturated heterocycles. The molecule has 18 heavy (non-hydrogen) atoms. The van der Waals surface area contributed by atoms with Crippen LogP contribution in [0.5, 0.6) is 0 Å². The van der Waals surface area contributed by atoms with Gasteiger partial charge in [-0.1, -0.05) is 18.2 Å². The molecular weight excluding hydrogens is 239 g/mol. The van der Waals surface area contributed by atoms with Crippen molar-refractivity contribution < 1.29 is 13.2 Å². The molecule has 0 aliphatic rings. The van der Waals surface area contributed by atoms with Gasteiger partial charge in [-0.3, -0.25) is 0 Å². The van der Waals surface area contributed by atoms with Crippen LogP contribution in [0.4, 0.5) is 18.9 Å². The fraction of sp³-hybridized carbons (Fsp3) is 0.143. The Balaban J connectivity index is 2.45. The van der Waals surface area contributed by atoms with Gasteiger partial charge in [0.15, 0.2) is 0 Å². The minimum atomic E-state index is -4.30. The molecule has 0 atom stereocenters. The van der Waals surface area contributed by atoms with Gasteiger partial charge in [-0.05, 0) is 47.9 Å². The molecule has 2 aromatic rings. The largest absolute Gasteiger partial charge is 0.416 e. The van der Waals surface area contributed by atoms with Crippen molar-refractivity contribution >= 4 is 5.69 Å². The van der Waals surface area contributed by atoms with Crippen molar-refractivity contribution in [3.63, 3.8) is 0 Å². The first-order chi connectivity index (χ1) is 8.38. The minimum Gasteiger partial charge on any atom is -0.399 e. The molecule has 0 aliphatic carbocycles. The Kier molecular flexibility index (Phi) is 3.03. The van der Waals surface area contributed by atoms with Gasteiger partial charge in [0, 0.05) is 5.69 Å². The number of benzene rings is 2. The number of nitrogen functional groups attached to an aromatic ring is 1. The lowest BCUT2D eigenvalue weighted by atomic mass is 9.98. The van der Waals surface area contributed by atoms with Crippen LogP contribution >= 0.6 is 0 Å². The first kappa shape index (κ1) is 12.5. The van der Waals surface area contributed by atoms with Crippen molar-refractivity contribution in [2.24, 2.45) is 0 Å². The van der Waals surface area contributed by atoms with Gasteiger partial charge in [0.2, 0.25) is 0 Å². The monoisotopic (exact) mass is 251 g/mol. The number of aryl methyl sites for hydroxylation is 1. The molecule has 0 bridgehead atoms. The van der Waals surface area contributed by atoms with Crippen molar-refractivity contribution in [1.82, 2.24) is 0 Å². The summed E-state index contributed by atoms with van der Waals surface area (Å²) in [7, 11) is 0. The summed E-state index contributed by atoms with van der Waals surface area (Å²) in [5, 5.41) is 0. The molecule has 1 nitrogen and oxygen atoms in total. The molecule has 0 spiro atoms. The summed E-state index contributed by atoms with van der Waals surface area (Å²) < 4.78 is 37.6. The third kappa shape index (κ3) is 2.47. The van der Waals surface area contributed by atoms with Gasteiger partial charge in [0.05, 0.1) is 5.56 Å². The summed E-state index contributed by atoms with van der Waals surface area (Å²) in [6.45, 7) is 1.67. The molecule has 4 heteroatoms. The van der Waals surface area contributed by atoms with E-state index in [4.69, 9.17) is 5.73 Å². The van der Waals surface area contributed by atoms with Gasteiger partial charge in [-0.15, -0.1) is 0 Å². The van der Waals surface area contributed by atoms with E-state index >= 15 is 0 Å². The Bertz CT molecular complexity index is 556. The molecule has 0 unspecified atom stereocenters. The molecule has 2 aromatic carbocycles. The highest BCUT2D eigenvalue weighted by Gasteiger charge is 2.30. The second-order valence-electron chi connectivity index (χ2n) is 4.15. The average molecular weight is 251 g/mol. The molecule has 0 radical (unpaired) electrons. The predicted octanol–water partition coefficient (Wildman–Crippen LogP) is 4.26. The number of anilines is 1. The fourth-order valence-corrected chi connectivity index (χ4v) is 1.83. The van der Waals surface area contributed by atoms with Crippen LogP contribution in [0.15, 0.2) is 42.5 Å². The second kappa shape index (κ2) is 4.37. The highest BCUT2D eigenvalue weighted by atomic mass is 19.4. The first-order valence-electron chi connectivity index (χ1n) is 5.42. The highest BCUT2D eigenvalue weighted by Crippen LogP contribution is 2.33. The van der Waals surface area contributed by atoms with E-state index in [0.29, 0.717) is 11.3 Å². The van der Waals surface area contributed by atoms with E-state index in [-0.39, 0.29) is 0 Å². The van der Waals surface area contributed by atoms with Gasteiger partial charge in [0.25, 0.3) is 0 Å². The summed E-state index contributed by atoms with van der Waals surface area (Å²) in [6.07, 6.45) is -4.30. The summed E-state index contributed by atoms with van der Waals surface area (Å²) in [4.78, 5) is 0. The predicted molar refractivity (Wildman–Crippen MR) is 66.0 cm³/mol. The van der Waals surface area contributed by atoms with Crippen LogP contribution in [-0.4, -0.2) is 0 Å². The number of nitrogens with two attached hydrogens (primary N) is 1. The summed E-state index contributed by atoms with van der Waals surface area (Å²) >= 11 is 0. The molecule has 2 rings (SSSR count). The van der Waals surface area contributed by atoms with E-state index in [1.54, 1.807) is 31.2 Å². The van der Waals surface area contributed by atoms with E-state index in [1.807, 2.05) is 0 Å². The van der Waals surface area contributed by atoms with E-state index in [1.165, 1.54) is 6.07 Å². The van der Waals surface area contributed by atoms with E-state index in [2.05, 4.69) is 0 Å². The summed E-state index contributed by atoms with van der Waals surface area (Å²) in [5.74, 6) is 0. The van der Waals surface area contributed by atoms with Crippen LogP contribution in [0.1, 0.15) is 11.1 Å². The third-order valence-electron chi connectivity index (χ3n) is 2.78. The molecule has 94 valence electrons. The highest BCUT2D eigenvalue weighted by molar-refractivity contribution is 5.69. The summed E-state index contributed by atoms with van der Waals surface area (Å²) in [6, 6.07) is 10.8. The zero-order valence-electron chi connectivity index (χ0n) is 9.75. The standard InChI is InChI=1S/C14H12F3N/c1-9-8-11(14(15,16)17)4-7-13(9)10-2-5-12(18)6-3-10/h2-8H,18H2,1H3. The Morgan fingerprint density at radius 2 is 1.56 bits per heavy atom. The Hall–Kier alpha value is -1.97. The van der Waals surface area contributed by atoms with E-state index < -0.39 is 11.7 Å². The third-order valence-corrected chi connectivity index (χ3v) is 2.78. The maximum Gasteiger partial charge on any atom is 0.416 e. The first-order valence-corrected chi connectivity index (χ1v) is 5.42. The van der Waals surface area contributed by atoms with Gasteiger partial charge in [0.1, 0.15) is 0 Å². The molecule has 0 aliphatic heterocycles. The Morgan fingerprint density at radius 1 is 0.944 bits per heavy atom. The number of rotatable bonds is 1. The normalized spacial score (nSPS) is 11.6. The zero-order chi connectivity index (χ0) is 13.3. The molecule has 0 aromatic heterocycles. The van der Waals surface area contributed by atoms with Crippen LogP contribution in [0.25, 0.3) is 11.1 Å². The lowest BCUT2D eigenvalue weighted by Crippen LogP contribution is -2.05. The smallest absolute Gasteiger partial charge is 0.399 e. The van der Waals surface area contributed by atoms with Crippen molar-refractivity contribution in [3.8, 4) is 11.1 Å². The quantitative estimate of drug-likeness (QED) is 0.753. The molecule has 0 heterocycles. The number of alkyl halides is 3. The van der Waals surface area contributed by atoms with Crippen LogP contribution in [0.3, 0.4) is 0 Å². The van der Waals surface area contributed by atoms with E-state index in [9.17, 15) is 13.2 Å². The van der Waals surface area contributed by atoms with Crippen molar-refractivity contribution in [2.45, 2.75) is 13.1 Å². The number of hydrogen-bond donors (Lipinski definition) is 1. The molecule has 0 amide bonds. The maximum atomic E-state index is 12.5. The number of hydrogen-bond acceptors (Lipinski definition) is 1. The Labute approximate surface area is 103 Å². The van der Waals surface area contributed by atoms with Crippen LogP contribution in [0, 0.1) is 6.92 Å². The van der Waals surface area contributed by atoms with Crippen molar-refractivity contribution in [2.75, 3.05) is 5.73 Å². The van der Waals surface area contributed by atoms with Crippen molar-refractivity contribution in [1.29, 1.82) is 0 Å². The number of halogens is 3. The van der Waals surface area contributed by atoms with Gasteiger partial charge in [-0.2, -0.15) is 13.2 Å². The van der Waals surface area contributed by atoms with Gasteiger partial charge < -0.3 is 5.73 Å². The van der Waals surface area contributed by atoms with Crippen LogP contribution in [-0.2, 0) is 6.18 Å². The Morgan fingerprint density at radius 3 is 2.06 bits per heavy atom. The minimum absolute atomic E-state index is 0.592. The van der Waals surface area contributed by atoms with Gasteiger partial charge >= 0.3 is 6.18 Å². The lowest BCUT2D eigenvalue weighted by molar-refractivity contribution is -0.137. The van der Waals surface area contributed by atoms with Gasteiger partial charge in [-0.25, -0.2) is 0 Å². The zero-order valence-corrected chi connectivity index (χ0v) is 9.75. The second-order valence-corrected chi connectivity index (χ2v) is 4.15. The average Bonchev–Trinajstić information content (AvgIpc) is 2.29. The molecule has 0 saturated carbocycles. The topological polar surface area (TPSA) is 26.0 Å². The fourth-order valence-electron chi connectivity index (χ4n) is 1.83. The maximum absolute atomic E-state index is 12.5. The van der Waals surface area contributed by atoms with E-state index in [0.717, 1.165) is 23.3 Å². The molecule has 2 N–H and O–H groups in total. The summed E-state index contributed by atoms with van der Waals surface area (Å²) in [5.41, 5.74) is 7.81. The van der Waals surface area contributed by atoms with Crippen molar-refractivity contribution in [3.05, 3.63) is 53.6 Å².